The Labute approximate surface area is 151 Å². The van der Waals surface area contributed by atoms with E-state index in [9.17, 15) is 27.2 Å². The van der Waals surface area contributed by atoms with E-state index in [1.54, 1.807) is 0 Å². The van der Waals surface area contributed by atoms with Crippen LogP contribution in [-0.2, 0) is 22.3 Å². The third-order valence-electron chi connectivity index (χ3n) is 3.47. The van der Waals surface area contributed by atoms with Gasteiger partial charge in [-0.2, -0.15) is 13.2 Å². The molecule has 0 spiro atoms. The van der Waals surface area contributed by atoms with Gasteiger partial charge >= 0.3 is 12.1 Å². The van der Waals surface area contributed by atoms with E-state index in [4.69, 9.17) is 9.47 Å². The smallest absolute Gasteiger partial charge is 0.416 e. The Kier molecular flexibility index (Phi) is 6.38. The van der Waals surface area contributed by atoms with Gasteiger partial charge in [0.2, 0.25) is 0 Å². The molecule has 0 saturated heterocycles. The minimum absolute atomic E-state index is 0.0506. The van der Waals surface area contributed by atoms with Crippen LogP contribution in [0.25, 0.3) is 0 Å². The molecule has 5 nitrogen and oxygen atoms in total. The lowest BCUT2D eigenvalue weighted by Crippen LogP contribution is -2.28. The van der Waals surface area contributed by atoms with Crippen LogP contribution in [0.3, 0.4) is 0 Å². The first-order chi connectivity index (χ1) is 12.7. The standard InChI is InChI=1S/C18H15F4NO4/c1-26-15-6-5-12(8-14(15)19)17(25)27-10-16(24)23-9-11-3-2-4-13(7-11)18(20,21)22/h2-8H,9-10H2,1H3,(H,23,24). The SMILES string of the molecule is COc1ccc(C(=O)OCC(=O)NCc2cccc(C(F)(F)F)c2)cc1F. The Morgan fingerprint density at radius 2 is 1.85 bits per heavy atom. The van der Waals surface area contributed by atoms with Crippen LogP contribution in [0.1, 0.15) is 21.5 Å². The molecule has 0 heterocycles. The van der Waals surface area contributed by atoms with Crippen molar-refractivity contribution in [3.63, 3.8) is 0 Å². The Balaban J connectivity index is 1.86. The number of carbonyl (C=O) groups is 2. The Bertz CT molecular complexity index is 836. The van der Waals surface area contributed by atoms with E-state index in [-0.39, 0.29) is 23.4 Å². The van der Waals surface area contributed by atoms with Gasteiger partial charge in [-0.05, 0) is 35.9 Å². The number of hydrogen-bond acceptors (Lipinski definition) is 4. The Hall–Kier alpha value is -3.10. The molecule has 0 aliphatic rings. The molecule has 0 unspecified atom stereocenters. The molecule has 2 aromatic rings. The van der Waals surface area contributed by atoms with Crippen molar-refractivity contribution >= 4 is 11.9 Å². The van der Waals surface area contributed by atoms with Crippen molar-refractivity contribution in [1.29, 1.82) is 0 Å². The summed E-state index contributed by atoms with van der Waals surface area (Å²) in [5, 5.41) is 2.34. The van der Waals surface area contributed by atoms with E-state index in [0.717, 1.165) is 18.2 Å². The van der Waals surface area contributed by atoms with Gasteiger partial charge < -0.3 is 14.8 Å². The number of methoxy groups -OCH3 is 1. The normalized spacial score (nSPS) is 11.0. The van der Waals surface area contributed by atoms with Crippen LogP contribution >= 0.6 is 0 Å². The fraction of sp³-hybridized carbons (Fsp3) is 0.222. The molecule has 9 heteroatoms. The molecule has 2 rings (SSSR count). The van der Waals surface area contributed by atoms with Gasteiger partial charge in [0, 0.05) is 6.54 Å². The molecule has 0 atom stereocenters. The quantitative estimate of drug-likeness (QED) is 0.612. The first-order valence-corrected chi connectivity index (χ1v) is 7.64. The summed E-state index contributed by atoms with van der Waals surface area (Å²) in [5.41, 5.74) is -0.706. The number of alkyl halides is 3. The van der Waals surface area contributed by atoms with Gasteiger partial charge in [-0.15, -0.1) is 0 Å². The largest absolute Gasteiger partial charge is 0.494 e. The Morgan fingerprint density at radius 3 is 2.48 bits per heavy atom. The molecule has 2 aromatic carbocycles. The zero-order valence-electron chi connectivity index (χ0n) is 14.1. The van der Waals surface area contributed by atoms with Crippen molar-refractivity contribution in [2.75, 3.05) is 13.7 Å². The average molecular weight is 385 g/mol. The van der Waals surface area contributed by atoms with Crippen molar-refractivity contribution in [2.45, 2.75) is 12.7 Å². The van der Waals surface area contributed by atoms with E-state index >= 15 is 0 Å². The molecule has 0 aliphatic heterocycles. The maximum atomic E-state index is 13.5. The molecule has 0 bridgehead atoms. The molecule has 27 heavy (non-hydrogen) atoms. The first kappa shape index (κ1) is 20.2. The van der Waals surface area contributed by atoms with Gasteiger partial charge in [0.05, 0.1) is 18.2 Å². The summed E-state index contributed by atoms with van der Waals surface area (Å²) in [7, 11) is 1.27. The molecule has 144 valence electrons. The van der Waals surface area contributed by atoms with Crippen LogP contribution < -0.4 is 10.1 Å². The number of rotatable bonds is 6. The van der Waals surface area contributed by atoms with Gasteiger partial charge in [0.25, 0.3) is 5.91 Å². The van der Waals surface area contributed by atoms with Crippen LogP contribution in [0.4, 0.5) is 17.6 Å². The summed E-state index contributed by atoms with van der Waals surface area (Å²) in [4.78, 5) is 23.5. The number of esters is 1. The molecule has 0 radical (unpaired) electrons. The minimum Gasteiger partial charge on any atom is -0.494 e. The highest BCUT2D eigenvalue weighted by Crippen LogP contribution is 2.29. The maximum Gasteiger partial charge on any atom is 0.416 e. The van der Waals surface area contributed by atoms with Gasteiger partial charge in [0.1, 0.15) is 0 Å². The summed E-state index contributed by atoms with van der Waals surface area (Å²) < 4.78 is 60.9. The molecule has 0 aliphatic carbocycles. The molecular formula is C18H15F4NO4. The fourth-order valence-corrected chi connectivity index (χ4v) is 2.12. The second-order valence-electron chi connectivity index (χ2n) is 5.40. The number of hydrogen-bond donors (Lipinski definition) is 1. The fourth-order valence-electron chi connectivity index (χ4n) is 2.12. The lowest BCUT2D eigenvalue weighted by atomic mass is 10.1. The van der Waals surface area contributed by atoms with E-state index in [0.29, 0.717) is 0 Å². The highest BCUT2D eigenvalue weighted by atomic mass is 19.4. The minimum atomic E-state index is -4.48. The molecule has 0 saturated carbocycles. The third-order valence-corrected chi connectivity index (χ3v) is 3.47. The van der Waals surface area contributed by atoms with Gasteiger partial charge in [0.15, 0.2) is 18.2 Å². The van der Waals surface area contributed by atoms with Gasteiger partial charge in [-0.1, -0.05) is 12.1 Å². The predicted molar refractivity (Wildman–Crippen MR) is 86.5 cm³/mol. The predicted octanol–water partition coefficient (Wildman–Crippen LogP) is 3.33. The number of ether oxygens (including phenoxy) is 2. The van der Waals surface area contributed by atoms with Crippen molar-refractivity contribution in [3.05, 3.63) is 65.0 Å². The average Bonchev–Trinajstić information content (AvgIpc) is 2.63. The summed E-state index contributed by atoms with van der Waals surface area (Å²) in [5.74, 6) is -2.45. The van der Waals surface area contributed by atoms with Gasteiger partial charge in [-0.3, -0.25) is 4.79 Å². The van der Waals surface area contributed by atoms with Crippen molar-refractivity contribution in [2.24, 2.45) is 0 Å². The van der Waals surface area contributed by atoms with E-state index in [1.807, 2.05) is 0 Å². The first-order valence-electron chi connectivity index (χ1n) is 7.64. The van der Waals surface area contributed by atoms with E-state index < -0.39 is 36.0 Å². The summed E-state index contributed by atoms with van der Waals surface area (Å²) in [6, 6.07) is 7.88. The van der Waals surface area contributed by atoms with E-state index in [2.05, 4.69) is 5.32 Å². The van der Waals surface area contributed by atoms with Crippen molar-refractivity contribution < 1.29 is 36.6 Å². The van der Waals surface area contributed by atoms with Crippen LogP contribution in [0, 0.1) is 5.82 Å². The molecular weight excluding hydrogens is 370 g/mol. The topological polar surface area (TPSA) is 64.6 Å². The highest BCUT2D eigenvalue weighted by Gasteiger charge is 2.30. The number of halogens is 4. The molecule has 1 N–H and O–H groups in total. The summed E-state index contributed by atoms with van der Waals surface area (Å²) in [6.45, 7) is -0.830. The third kappa shape index (κ3) is 5.70. The monoisotopic (exact) mass is 385 g/mol. The van der Waals surface area contributed by atoms with Crippen LogP contribution in [0.5, 0.6) is 5.75 Å². The molecule has 1 amide bonds. The van der Waals surface area contributed by atoms with Crippen LogP contribution in [-0.4, -0.2) is 25.6 Å². The molecule has 0 fully saturated rings. The summed E-state index contributed by atoms with van der Waals surface area (Å²) >= 11 is 0. The number of carbonyl (C=O) groups excluding carboxylic acids is 2. The van der Waals surface area contributed by atoms with Crippen molar-refractivity contribution in [3.8, 4) is 5.75 Å². The van der Waals surface area contributed by atoms with E-state index in [1.165, 1.54) is 31.4 Å². The zero-order valence-corrected chi connectivity index (χ0v) is 14.1. The number of nitrogens with one attached hydrogen (secondary N) is 1. The van der Waals surface area contributed by atoms with Crippen LogP contribution in [0.15, 0.2) is 42.5 Å². The lowest BCUT2D eigenvalue weighted by molar-refractivity contribution is -0.137. The zero-order chi connectivity index (χ0) is 20.0. The van der Waals surface area contributed by atoms with Gasteiger partial charge in [-0.25, -0.2) is 9.18 Å². The Morgan fingerprint density at radius 1 is 1.11 bits per heavy atom. The van der Waals surface area contributed by atoms with Crippen LogP contribution in [0.2, 0.25) is 0 Å². The number of amides is 1. The molecule has 0 aromatic heterocycles. The highest BCUT2D eigenvalue weighted by molar-refractivity contribution is 5.91. The maximum absolute atomic E-state index is 13.5. The lowest BCUT2D eigenvalue weighted by Gasteiger charge is -2.10. The second-order valence-corrected chi connectivity index (χ2v) is 5.40. The second kappa shape index (κ2) is 8.52. The summed E-state index contributed by atoms with van der Waals surface area (Å²) in [6.07, 6.45) is -4.48. The van der Waals surface area contributed by atoms with Crippen molar-refractivity contribution in [1.82, 2.24) is 5.32 Å². The number of benzene rings is 2.